The average molecular weight is 473 g/mol. The van der Waals surface area contributed by atoms with E-state index in [0.717, 1.165) is 29.5 Å². The van der Waals surface area contributed by atoms with Crippen LogP contribution in [0.25, 0.3) is 0 Å². The Morgan fingerprint density at radius 3 is 2.50 bits per heavy atom. The number of benzene rings is 2. The van der Waals surface area contributed by atoms with Gasteiger partial charge in [0.2, 0.25) is 0 Å². The second-order valence-electron chi connectivity index (χ2n) is 5.22. The first kappa shape index (κ1) is 21.9. The molecule has 4 nitrogen and oxygen atoms in total. The second-order valence-corrected chi connectivity index (χ2v) is 5.22. The van der Waals surface area contributed by atoms with Crippen molar-refractivity contribution >= 4 is 29.9 Å². The van der Waals surface area contributed by atoms with Gasteiger partial charge in [0.05, 0.1) is 0 Å². The van der Waals surface area contributed by atoms with Gasteiger partial charge in [-0.15, -0.1) is 24.0 Å². The van der Waals surface area contributed by atoms with Gasteiger partial charge in [-0.2, -0.15) is 0 Å². The van der Waals surface area contributed by atoms with E-state index < -0.39 is 11.6 Å². The summed E-state index contributed by atoms with van der Waals surface area (Å²) in [5.41, 5.74) is 1.18. The van der Waals surface area contributed by atoms with Gasteiger partial charge >= 0.3 is 0 Å². The van der Waals surface area contributed by atoms with E-state index in [1.54, 1.807) is 13.1 Å². The summed E-state index contributed by atoms with van der Waals surface area (Å²) >= 11 is 0. The molecule has 2 aromatic rings. The van der Waals surface area contributed by atoms with Crippen molar-refractivity contribution in [3.05, 3.63) is 77.9 Å². The van der Waals surface area contributed by atoms with Gasteiger partial charge < -0.3 is 15.4 Å². The fourth-order valence-corrected chi connectivity index (χ4v) is 2.20. The zero-order valence-electron chi connectivity index (χ0n) is 14.5. The quantitative estimate of drug-likeness (QED) is 0.277. The van der Waals surface area contributed by atoms with Crippen molar-refractivity contribution in [3.8, 4) is 5.75 Å². The Bertz CT molecular complexity index is 753. The predicted molar refractivity (Wildman–Crippen MR) is 111 cm³/mol. The molecule has 0 spiro atoms. The van der Waals surface area contributed by atoms with Crippen molar-refractivity contribution in [2.75, 3.05) is 13.7 Å². The summed E-state index contributed by atoms with van der Waals surface area (Å²) in [6.45, 7) is 4.65. The molecule has 0 aromatic heterocycles. The molecule has 26 heavy (non-hydrogen) atoms. The molecule has 0 saturated heterocycles. The highest BCUT2D eigenvalue weighted by atomic mass is 127. The molecule has 140 valence electrons. The molecule has 2 aromatic carbocycles. The maximum Gasteiger partial charge on any atom is 0.191 e. The second kappa shape index (κ2) is 11.5. The SMILES string of the molecule is C=CCOc1ccccc1CNC(=NC)NCc1cc(F)ccc1F.I. The molecule has 2 rings (SSSR count). The maximum absolute atomic E-state index is 13.7. The first-order valence-corrected chi connectivity index (χ1v) is 7.84. The highest BCUT2D eigenvalue weighted by Crippen LogP contribution is 2.17. The molecule has 0 amide bonds. The molecule has 2 N–H and O–H groups in total. The lowest BCUT2D eigenvalue weighted by atomic mass is 10.2. The van der Waals surface area contributed by atoms with E-state index in [2.05, 4.69) is 22.2 Å². The lowest BCUT2D eigenvalue weighted by molar-refractivity contribution is 0.358. The minimum Gasteiger partial charge on any atom is -0.489 e. The lowest BCUT2D eigenvalue weighted by Gasteiger charge is -2.14. The Morgan fingerprint density at radius 1 is 1.12 bits per heavy atom. The van der Waals surface area contributed by atoms with Crippen LogP contribution < -0.4 is 15.4 Å². The zero-order valence-corrected chi connectivity index (χ0v) is 16.8. The average Bonchev–Trinajstić information content (AvgIpc) is 2.63. The van der Waals surface area contributed by atoms with Crippen molar-refractivity contribution in [1.29, 1.82) is 0 Å². The highest BCUT2D eigenvalue weighted by molar-refractivity contribution is 14.0. The van der Waals surface area contributed by atoms with E-state index in [9.17, 15) is 8.78 Å². The van der Waals surface area contributed by atoms with Crippen LogP contribution in [0.15, 0.2) is 60.1 Å². The number of hydrogen-bond donors (Lipinski definition) is 2. The molecule has 0 heterocycles. The summed E-state index contributed by atoms with van der Waals surface area (Å²) in [6.07, 6.45) is 1.68. The minimum atomic E-state index is -0.477. The van der Waals surface area contributed by atoms with E-state index in [-0.39, 0.29) is 36.1 Å². The minimum absolute atomic E-state index is 0. The van der Waals surface area contributed by atoms with E-state index in [1.807, 2.05) is 24.3 Å². The van der Waals surface area contributed by atoms with Crippen molar-refractivity contribution in [3.63, 3.8) is 0 Å². The van der Waals surface area contributed by atoms with Gasteiger partial charge in [-0.25, -0.2) is 8.78 Å². The van der Waals surface area contributed by atoms with Gasteiger partial charge in [-0.3, -0.25) is 4.99 Å². The van der Waals surface area contributed by atoms with Crippen LogP contribution in [0, 0.1) is 11.6 Å². The smallest absolute Gasteiger partial charge is 0.191 e. The van der Waals surface area contributed by atoms with Crippen molar-refractivity contribution in [2.24, 2.45) is 4.99 Å². The van der Waals surface area contributed by atoms with Crippen LogP contribution in [0.5, 0.6) is 5.75 Å². The Hall–Kier alpha value is -2.16. The third kappa shape index (κ3) is 6.62. The molecule has 0 aliphatic heterocycles. The number of para-hydroxylation sites is 1. The van der Waals surface area contributed by atoms with Gasteiger partial charge in [0.25, 0.3) is 0 Å². The Morgan fingerprint density at radius 2 is 1.81 bits per heavy atom. The standard InChI is InChI=1S/C19H21F2N3O.HI/c1-3-10-25-18-7-5-4-6-14(18)12-23-19(22-2)24-13-15-11-16(20)8-9-17(15)21;/h3-9,11H,1,10,12-13H2,2H3,(H2,22,23,24);1H. The van der Waals surface area contributed by atoms with Crippen molar-refractivity contribution in [1.82, 2.24) is 10.6 Å². The first-order valence-electron chi connectivity index (χ1n) is 7.84. The summed E-state index contributed by atoms with van der Waals surface area (Å²) in [4.78, 5) is 4.08. The van der Waals surface area contributed by atoms with Crippen LogP contribution >= 0.6 is 24.0 Å². The van der Waals surface area contributed by atoms with Crippen LogP contribution in [0.1, 0.15) is 11.1 Å². The van der Waals surface area contributed by atoms with E-state index in [1.165, 1.54) is 0 Å². The fourth-order valence-electron chi connectivity index (χ4n) is 2.20. The Labute approximate surface area is 169 Å². The highest BCUT2D eigenvalue weighted by Gasteiger charge is 2.07. The van der Waals surface area contributed by atoms with Crippen LogP contribution in [0.3, 0.4) is 0 Å². The summed E-state index contributed by atoms with van der Waals surface area (Å²) in [5.74, 6) is 0.283. The third-order valence-corrected chi connectivity index (χ3v) is 3.45. The monoisotopic (exact) mass is 473 g/mol. The van der Waals surface area contributed by atoms with Crippen LogP contribution in [0.2, 0.25) is 0 Å². The number of ether oxygens (including phenoxy) is 1. The van der Waals surface area contributed by atoms with Crippen LogP contribution in [-0.4, -0.2) is 19.6 Å². The number of halogens is 3. The molecule has 0 radical (unpaired) electrons. The molecular formula is C19H22F2IN3O. The molecule has 0 bridgehead atoms. The lowest BCUT2D eigenvalue weighted by Crippen LogP contribution is -2.36. The number of nitrogens with one attached hydrogen (secondary N) is 2. The zero-order chi connectivity index (χ0) is 18.1. The van der Waals surface area contributed by atoms with E-state index in [4.69, 9.17) is 4.74 Å². The van der Waals surface area contributed by atoms with Crippen LogP contribution in [-0.2, 0) is 13.1 Å². The molecule has 0 saturated carbocycles. The normalized spacial score (nSPS) is 10.7. The van der Waals surface area contributed by atoms with Gasteiger partial charge in [0.1, 0.15) is 24.0 Å². The van der Waals surface area contributed by atoms with Gasteiger partial charge in [-0.05, 0) is 24.3 Å². The maximum atomic E-state index is 13.7. The summed E-state index contributed by atoms with van der Waals surface area (Å²) < 4.78 is 32.5. The number of nitrogens with zero attached hydrogens (tertiary/aromatic N) is 1. The van der Waals surface area contributed by atoms with Gasteiger partial charge in [0, 0.05) is 31.3 Å². The number of rotatable bonds is 7. The predicted octanol–water partition coefficient (Wildman–Crippen LogP) is 4.01. The van der Waals surface area contributed by atoms with Crippen LogP contribution in [0.4, 0.5) is 8.78 Å². The van der Waals surface area contributed by atoms with E-state index >= 15 is 0 Å². The molecule has 0 unspecified atom stereocenters. The largest absolute Gasteiger partial charge is 0.489 e. The van der Waals surface area contributed by atoms with Crippen molar-refractivity contribution < 1.29 is 13.5 Å². The van der Waals surface area contributed by atoms with Gasteiger partial charge in [0.15, 0.2) is 5.96 Å². The fraction of sp³-hybridized carbons (Fsp3) is 0.211. The summed E-state index contributed by atoms with van der Waals surface area (Å²) in [6, 6.07) is 11.0. The third-order valence-electron chi connectivity index (χ3n) is 3.45. The number of guanidine groups is 1. The van der Waals surface area contributed by atoms with Crippen molar-refractivity contribution in [2.45, 2.75) is 13.1 Å². The molecule has 7 heteroatoms. The molecule has 0 aliphatic carbocycles. The number of hydrogen-bond acceptors (Lipinski definition) is 2. The van der Waals surface area contributed by atoms with E-state index in [0.29, 0.717) is 19.1 Å². The molecular weight excluding hydrogens is 451 g/mol. The van der Waals surface area contributed by atoms with Gasteiger partial charge in [-0.1, -0.05) is 30.9 Å². The number of aliphatic imine (C=N–C) groups is 1. The molecule has 0 fully saturated rings. The molecule has 0 aliphatic rings. The molecule has 0 atom stereocenters. The summed E-state index contributed by atoms with van der Waals surface area (Å²) in [7, 11) is 1.61. The summed E-state index contributed by atoms with van der Waals surface area (Å²) in [5, 5.41) is 6.09. The Kier molecular flexibility index (Phi) is 9.64. The Balaban J connectivity index is 0.00000338. The topological polar surface area (TPSA) is 45.6 Å². The first-order chi connectivity index (χ1) is 12.1.